The number of carbonyl (C=O) groups is 1. The maximum absolute atomic E-state index is 14.2. The molecule has 0 aromatic heterocycles. The fourth-order valence-electron chi connectivity index (χ4n) is 2.78. The molecule has 0 spiro atoms. The van der Waals surface area contributed by atoms with E-state index in [0.29, 0.717) is 22.2 Å². The number of hydrogen-bond donors (Lipinski definition) is 1. The molecule has 1 atom stereocenters. The van der Waals surface area contributed by atoms with Gasteiger partial charge in [0.15, 0.2) is 0 Å². The van der Waals surface area contributed by atoms with Crippen LogP contribution in [-0.4, -0.2) is 16.8 Å². The predicted molar refractivity (Wildman–Crippen MR) is 94.4 cm³/mol. The van der Waals surface area contributed by atoms with Crippen molar-refractivity contribution in [3.8, 4) is 0 Å². The fourth-order valence-corrected chi connectivity index (χ4v) is 4.37. The summed E-state index contributed by atoms with van der Waals surface area (Å²) in [6.45, 7) is 2.28. The minimum Gasteiger partial charge on any atom is -0.366 e. The second kappa shape index (κ2) is 6.84. The zero-order valence-electron chi connectivity index (χ0n) is 13.0. The van der Waals surface area contributed by atoms with Gasteiger partial charge in [-0.05, 0) is 37.1 Å². The lowest BCUT2D eigenvalue weighted by molar-refractivity contribution is -0.164. The third-order valence-corrected chi connectivity index (χ3v) is 5.48. The summed E-state index contributed by atoms with van der Waals surface area (Å²) >= 11 is 4.59. The van der Waals surface area contributed by atoms with Crippen LogP contribution in [-0.2, 0) is 21.8 Å². The van der Waals surface area contributed by atoms with Gasteiger partial charge < -0.3 is 10.5 Å². The lowest BCUT2D eigenvalue weighted by atomic mass is 10.0. The minimum atomic E-state index is -1.41. The Kier molecular flexibility index (Phi) is 4.96. The molecule has 2 aromatic carbocycles. The molecule has 0 saturated heterocycles. The molecule has 2 aromatic rings. The van der Waals surface area contributed by atoms with Crippen molar-refractivity contribution in [2.75, 3.05) is 6.61 Å². The van der Waals surface area contributed by atoms with Crippen LogP contribution in [0.25, 0.3) is 0 Å². The Hall–Kier alpha value is -1.41. The van der Waals surface area contributed by atoms with E-state index in [-0.39, 0.29) is 12.4 Å². The maximum atomic E-state index is 14.2. The van der Waals surface area contributed by atoms with Crippen LogP contribution in [0.4, 0.5) is 4.39 Å². The second-order valence-corrected chi connectivity index (χ2v) is 7.28. The largest absolute Gasteiger partial charge is 0.366 e. The number of rotatable bonds is 5. The van der Waals surface area contributed by atoms with Gasteiger partial charge in [-0.25, -0.2) is 4.39 Å². The van der Waals surface area contributed by atoms with Gasteiger partial charge in [0.1, 0.15) is 5.82 Å². The van der Waals surface area contributed by atoms with Crippen LogP contribution in [0.1, 0.15) is 18.1 Å². The number of halogens is 2. The third kappa shape index (κ3) is 2.86. The van der Waals surface area contributed by atoms with E-state index in [4.69, 9.17) is 10.5 Å². The number of fused-ring (bicyclic) bond motifs is 1. The van der Waals surface area contributed by atoms with Crippen molar-refractivity contribution in [2.24, 2.45) is 5.73 Å². The molecular weight excluding hydrogens is 395 g/mol. The highest BCUT2D eigenvalue weighted by atomic mass is 79.9. The quantitative estimate of drug-likeness (QED) is 0.761. The topological polar surface area (TPSA) is 55.6 Å². The SMILES string of the molecule is CCOC1(C(N)=O)c2ccccc2SN1Cc1ccc(Br)cc1F. The first-order chi connectivity index (χ1) is 11.5. The highest BCUT2D eigenvalue weighted by Gasteiger charge is 2.52. The van der Waals surface area contributed by atoms with Gasteiger partial charge in [-0.1, -0.05) is 40.2 Å². The first kappa shape index (κ1) is 17.4. The summed E-state index contributed by atoms with van der Waals surface area (Å²) in [5, 5.41) is 0. The number of ether oxygens (including phenoxy) is 1. The summed E-state index contributed by atoms with van der Waals surface area (Å²) in [5.74, 6) is -0.963. The molecule has 3 rings (SSSR count). The van der Waals surface area contributed by atoms with Crippen molar-refractivity contribution in [1.82, 2.24) is 4.31 Å². The molecule has 0 bridgehead atoms. The molecule has 0 fully saturated rings. The molecule has 1 aliphatic rings. The summed E-state index contributed by atoms with van der Waals surface area (Å²) < 4.78 is 22.4. The summed E-state index contributed by atoms with van der Waals surface area (Å²) in [7, 11) is 0. The van der Waals surface area contributed by atoms with E-state index in [0.717, 1.165) is 4.90 Å². The summed E-state index contributed by atoms with van der Waals surface area (Å²) in [5.41, 5.74) is 5.47. The van der Waals surface area contributed by atoms with Crippen LogP contribution in [0.5, 0.6) is 0 Å². The zero-order chi connectivity index (χ0) is 17.3. The average molecular weight is 411 g/mol. The second-order valence-electron chi connectivity index (χ2n) is 5.30. The Morgan fingerprint density at radius 3 is 2.79 bits per heavy atom. The van der Waals surface area contributed by atoms with Crippen LogP contribution < -0.4 is 5.73 Å². The van der Waals surface area contributed by atoms with Crippen LogP contribution in [0.2, 0.25) is 0 Å². The molecule has 24 heavy (non-hydrogen) atoms. The summed E-state index contributed by atoms with van der Waals surface area (Å²) in [4.78, 5) is 13.2. The van der Waals surface area contributed by atoms with Crippen molar-refractivity contribution < 1.29 is 13.9 Å². The number of primary amides is 1. The van der Waals surface area contributed by atoms with Crippen molar-refractivity contribution in [3.05, 3.63) is 63.9 Å². The number of hydrogen-bond acceptors (Lipinski definition) is 4. The number of nitrogens with zero attached hydrogens (tertiary/aromatic N) is 1. The molecule has 0 saturated carbocycles. The van der Waals surface area contributed by atoms with Gasteiger partial charge in [-0.2, -0.15) is 4.31 Å². The summed E-state index contributed by atoms with van der Waals surface area (Å²) in [6, 6.07) is 12.3. The minimum absolute atomic E-state index is 0.182. The van der Waals surface area contributed by atoms with Gasteiger partial charge in [0.25, 0.3) is 5.91 Å². The maximum Gasteiger partial charge on any atom is 0.271 e. The normalized spacial score (nSPS) is 20.1. The lowest BCUT2D eigenvalue weighted by Gasteiger charge is -2.34. The highest BCUT2D eigenvalue weighted by molar-refractivity contribution is 9.10. The first-order valence-electron chi connectivity index (χ1n) is 7.42. The monoisotopic (exact) mass is 410 g/mol. The van der Waals surface area contributed by atoms with Crippen LogP contribution in [0.3, 0.4) is 0 Å². The molecular formula is C17H16BrFN2O2S. The molecule has 7 heteroatoms. The van der Waals surface area contributed by atoms with Crippen molar-refractivity contribution in [1.29, 1.82) is 0 Å². The molecule has 1 aliphatic heterocycles. The van der Waals surface area contributed by atoms with Crippen LogP contribution in [0, 0.1) is 5.82 Å². The number of amides is 1. The Morgan fingerprint density at radius 1 is 1.38 bits per heavy atom. The van der Waals surface area contributed by atoms with Crippen molar-refractivity contribution >= 4 is 33.8 Å². The van der Waals surface area contributed by atoms with Crippen LogP contribution >= 0.6 is 27.9 Å². The molecule has 0 radical (unpaired) electrons. The smallest absolute Gasteiger partial charge is 0.271 e. The van der Waals surface area contributed by atoms with Gasteiger partial charge in [0.05, 0.1) is 0 Å². The van der Waals surface area contributed by atoms with E-state index >= 15 is 0 Å². The van der Waals surface area contributed by atoms with Crippen LogP contribution in [0.15, 0.2) is 51.8 Å². The standard InChI is InChI=1S/C17H16BrFN2O2S/c1-2-23-17(16(20)22)13-5-3-4-6-15(13)24-21(17)10-11-7-8-12(18)9-14(11)19/h3-9H,2,10H2,1H3,(H2,20,22). The summed E-state index contributed by atoms with van der Waals surface area (Å²) in [6.07, 6.45) is 0. The zero-order valence-corrected chi connectivity index (χ0v) is 15.4. The third-order valence-electron chi connectivity index (χ3n) is 3.83. The Balaban J connectivity index is 2.04. The average Bonchev–Trinajstić information content (AvgIpc) is 2.85. The Bertz CT molecular complexity index is 789. The molecule has 1 amide bonds. The number of carbonyl (C=O) groups excluding carboxylic acids is 1. The number of nitrogens with two attached hydrogens (primary N) is 1. The predicted octanol–water partition coefficient (Wildman–Crippen LogP) is 3.79. The fraction of sp³-hybridized carbons (Fsp3) is 0.235. The van der Waals surface area contributed by atoms with E-state index in [1.807, 2.05) is 24.3 Å². The van der Waals surface area contributed by atoms with E-state index in [9.17, 15) is 9.18 Å². The van der Waals surface area contributed by atoms with Gasteiger partial charge in [0.2, 0.25) is 5.72 Å². The first-order valence-corrected chi connectivity index (χ1v) is 8.98. The van der Waals surface area contributed by atoms with E-state index in [1.165, 1.54) is 18.0 Å². The van der Waals surface area contributed by atoms with Gasteiger partial charge in [-0.15, -0.1) is 0 Å². The molecule has 1 unspecified atom stereocenters. The highest BCUT2D eigenvalue weighted by Crippen LogP contribution is 2.49. The number of benzene rings is 2. The Labute approximate surface area is 152 Å². The molecule has 4 nitrogen and oxygen atoms in total. The lowest BCUT2D eigenvalue weighted by Crippen LogP contribution is -2.51. The van der Waals surface area contributed by atoms with Gasteiger partial charge in [-0.3, -0.25) is 4.79 Å². The van der Waals surface area contributed by atoms with E-state index in [1.54, 1.807) is 23.4 Å². The van der Waals surface area contributed by atoms with Crippen molar-refractivity contribution in [3.63, 3.8) is 0 Å². The molecule has 126 valence electrons. The molecule has 2 N–H and O–H groups in total. The molecule has 1 heterocycles. The van der Waals surface area contributed by atoms with E-state index < -0.39 is 11.6 Å². The van der Waals surface area contributed by atoms with E-state index in [2.05, 4.69) is 15.9 Å². The van der Waals surface area contributed by atoms with Gasteiger partial charge >= 0.3 is 0 Å². The van der Waals surface area contributed by atoms with Gasteiger partial charge in [0, 0.05) is 33.6 Å². The molecule has 0 aliphatic carbocycles. The Morgan fingerprint density at radius 2 is 2.12 bits per heavy atom. The van der Waals surface area contributed by atoms with Crippen molar-refractivity contribution in [2.45, 2.75) is 24.1 Å².